The van der Waals surface area contributed by atoms with Gasteiger partial charge in [-0.05, 0) is 12.3 Å². The van der Waals surface area contributed by atoms with Crippen LogP contribution in [0.1, 0.15) is 46.5 Å². The summed E-state index contributed by atoms with van der Waals surface area (Å²) in [4.78, 5) is 0. The van der Waals surface area contributed by atoms with Crippen LogP contribution >= 0.6 is 7.68 Å². The van der Waals surface area contributed by atoms with Crippen molar-refractivity contribution in [1.29, 1.82) is 0 Å². The van der Waals surface area contributed by atoms with Gasteiger partial charge in [-0.15, -0.1) is 0 Å². The third-order valence-electron chi connectivity index (χ3n) is 2.42. The summed E-state index contributed by atoms with van der Waals surface area (Å²) in [6.45, 7) is 6.03. The summed E-state index contributed by atoms with van der Waals surface area (Å²) >= 11 is 0. The Hall–Kier alpha value is 0.120. The molecule has 0 rings (SSSR count). The molecule has 0 N–H and O–H groups in total. The van der Waals surface area contributed by atoms with E-state index in [4.69, 9.17) is 4.52 Å². The molecule has 0 aliphatic heterocycles. The molecule has 0 radical (unpaired) electrons. The molecule has 0 bridgehead atoms. The van der Waals surface area contributed by atoms with E-state index in [2.05, 4.69) is 13.8 Å². The predicted octanol–water partition coefficient (Wildman–Crippen LogP) is 4.40. The van der Waals surface area contributed by atoms with E-state index in [1.807, 2.05) is 0 Å². The first-order chi connectivity index (χ1) is 6.55. The van der Waals surface area contributed by atoms with Crippen molar-refractivity contribution >= 4 is 7.68 Å². The van der Waals surface area contributed by atoms with Gasteiger partial charge in [-0.25, -0.2) is 0 Å². The lowest BCUT2D eigenvalue weighted by atomic mass is 10.0. The summed E-state index contributed by atoms with van der Waals surface area (Å²) in [7, 11) is -3.77. The molecule has 4 heteroatoms. The molecule has 0 saturated heterocycles. The fourth-order valence-electron chi connectivity index (χ4n) is 1.21. The molecule has 0 amide bonds. The van der Waals surface area contributed by atoms with E-state index in [0.29, 0.717) is 12.5 Å². The van der Waals surface area contributed by atoms with Crippen LogP contribution in [0.25, 0.3) is 0 Å². The van der Waals surface area contributed by atoms with Gasteiger partial charge in [-0.3, -0.25) is 4.57 Å². The fraction of sp³-hybridized carbons (Fsp3) is 1.00. The van der Waals surface area contributed by atoms with Gasteiger partial charge in [-0.2, -0.15) is 4.20 Å². The van der Waals surface area contributed by atoms with E-state index >= 15 is 0 Å². The lowest BCUT2D eigenvalue weighted by molar-refractivity contribution is 0.219. The monoisotopic (exact) mass is 224 g/mol. The van der Waals surface area contributed by atoms with Gasteiger partial charge in [0.1, 0.15) is 0 Å². The van der Waals surface area contributed by atoms with Gasteiger partial charge in [0, 0.05) is 0 Å². The highest BCUT2D eigenvalue weighted by Gasteiger charge is 2.20. The van der Waals surface area contributed by atoms with Crippen molar-refractivity contribution in [3.05, 3.63) is 0 Å². The maximum atomic E-state index is 13.0. The van der Waals surface area contributed by atoms with Crippen molar-refractivity contribution in [2.45, 2.75) is 46.5 Å². The average Bonchev–Trinajstić information content (AvgIpc) is 2.18. The number of halogens is 1. The van der Waals surface area contributed by atoms with E-state index in [1.165, 1.54) is 0 Å². The van der Waals surface area contributed by atoms with E-state index in [1.54, 1.807) is 6.92 Å². The van der Waals surface area contributed by atoms with E-state index in [9.17, 15) is 8.76 Å². The minimum Gasteiger partial charge on any atom is -0.305 e. The first-order valence-corrected chi connectivity index (χ1v) is 7.19. The highest BCUT2D eigenvalue weighted by Crippen LogP contribution is 2.48. The van der Waals surface area contributed by atoms with Crippen molar-refractivity contribution in [2.24, 2.45) is 5.92 Å². The number of hydrogen-bond donors (Lipinski definition) is 0. The Labute approximate surface area is 86.8 Å². The summed E-state index contributed by atoms with van der Waals surface area (Å²) in [5.41, 5.74) is 0. The first kappa shape index (κ1) is 14.1. The second kappa shape index (κ2) is 7.42. The highest BCUT2D eigenvalue weighted by molar-refractivity contribution is 7.53. The molecule has 0 fully saturated rings. The maximum Gasteiger partial charge on any atom is 0.367 e. The Morgan fingerprint density at radius 3 is 2.43 bits per heavy atom. The average molecular weight is 224 g/mol. The fourth-order valence-corrected chi connectivity index (χ4v) is 1.82. The SMILES string of the molecule is CCCCC(CC)COP(=O)(F)CC. The second-order valence-corrected chi connectivity index (χ2v) is 5.69. The zero-order valence-electron chi connectivity index (χ0n) is 9.46. The molecular formula is C10H22FO2P. The molecule has 2 nitrogen and oxygen atoms in total. The lowest BCUT2D eigenvalue weighted by Gasteiger charge is -2.15. The summed E-state index contributed by atoms with van der Waals surface area (Å²) in [5.74, 6) is 0.352. The van der Waals surface area contributed by atoms with Gasteiger partial charge in [0.25, 0.3) is 0 Å². The normalized spacial score (nSPS) is 17.7. The van der Waals surface area contributed by atoms with E-state index < -0.39 is 7.68 Å². The molecule has 0 aliphatic carbocycles. The van der Waals surface area contributed by atoms with Crippen molar-refractivity contribution in [1.82, 2.24) is 0 Å². The topological polar surface area (TPSA) is 26.3 Å². The molecular weight excluding hydrogens is 202 g/mol. The predicted molar refractivity (Wildman–Crippen MR) is 58.5 cm³/mol. The molecule has 0 heterocycles. The van der Waals surface area contributed by atoms with Crippen LogP contribution in [0.15, 0.2) is 0 Å². The van der Waals surface area contributed by atoms with E-state index in [-0.39, 0.29) is 6.16 Å². The lowest BCUT2D eigenvalue weighted by Crippen LogP contribution is -2.07. The van der Waals surface area contributed by atoms with Crippen molar-refractivity contribution in [3.63, 3.8) is 0 Å². The molecule has 0 saturated carbocycles. The summed E-state index contributed by atoms with van der Waals surface area (Å²) in [6, 6.07) is 0. The highest BCUT2D eigenvalue weighted by atomic mass is 31.2. The van der Waals surface area contributed by atoms with Crippen LogP contribution in [0, 0.1) is 5.92 Å². The van der Waals surface area contributed by atoms with Gasteiger partial charge < -0.3 is 4.52 Å². The van der Waals surface area contributed by atoms with Gasteiger partial charge >= 0.3 is 7.68 Å². The Morgan fingerprint density at radius 1 is 1.36 bits per heavy atom. The van der Waals surface area contributed by atoms with Gasteiger partial charge in [-0.1, -0.05) is 40.0 Å². The number of hydrogen-bond acceptors (Lipinski definition) is 2. The van der Waals surface area contributed by atoms with E-state index in [0.717, 1.165) is 25.7 Å². The minimum atomic E-state index is -3.77. The standard InChI is InChI=1S/C10H22FO2P/c1-4-7-8-10(5-2)9-13-14(11,12)6-3/h10H,4-9H2,1-3H3. The number of rotatable bonds is 8. The Bertz CT molecular complexity index is 185. The Kier molecular flexibility index (Phi) is 7.48. The largest absolute Gasteiger partial charge is 0.367 e. The third-order valence-corrected chi connectivity index (χ3v) is 3.71. The Morgan fingerprint density at radius 2 is 2.00 bits per heavy atom. The molecule has 0 spiro atoms. The molecule has 0 aromatic carbocycles. The first-order valence-electron chi connectivity index (χ1n) is 5.49. The molecule has 2 unspecified atom stereocenters. The van der Waals surface area contributed by atoms with Crippen LogP contribution in [0.4, 0.5) is 4.20 Å². The maximum absolute atomic E-state index is 13.0. The summed E-state index contributed by atoms with van der Waals surface area (Å²) in [6.07, 6.45) is 4.25. The quantitative estimate of drug-likeness (QED) is 0.571. The van der Waals surface area contributed by atoms with Crippen molar-refractivity contribution in [3.8, 4) is 0 Å². The van der Waals surface area contributed by atoms with Crippen LogP contribution in [0.5, 0.6) is 0 Å². The Balaban J connectivity index is 3.77. The zero-order chi connectivity index (χ0) is 11.0. The number of unbranched alkanes of at least 4 members (excludes halogenated alkanes) is 1. The summed E-state index contributed by atoms with van der Waals surface area (Å²) < 4.78 is 28.8. The molecule has 2 atom stereocenters. The van der Waals surface area contributed by atoms with Gasteiger partial charge in [0.05, 0.1) is 12.8 Å². The zero-order valence-corrected chi connectivity index (χ0v) is 10.4. The third kappa shape index (κ3) is 6.56. The smallest absolute Gasteiger partial charge is 0.305 e. The van der Waals surface area contributed by atoms with Crippen molar-refractivity contribution < 1.29 is 13.3 Å². The molecule has 14 heavy (non-hydrogen) atoms. The molecule has 0 aliphatic rings. The van der Waals surface area contributed by atoms with Gasteiger partial charge in [0.2, 0.25) is 0 Å². The second-order valence-electron chi connectivity index (χ2n) is 3.62. The molecule has 0 aromatic rings. The molecule has 0 aromatic heterocycles. The van der Waals surface area contributed by atoms with Crippen LogP contribution in [0.3, 0.4) is 0 Å². The van der Waals surface area contributed by atoms with Gasteiger partial charge in [0.15, 0.2) is 0 Å². The van der Waals surface area contributed by atoms with Crippen LogP contribution in [0.2, 0.25) is 0 Å². The molecule has 86 valence electrons. The summed E-state index contributed by atoms with van der Waals surface area (Å²) in [5, 5.41) is 0. The minimum absolute atomic E-state index is 0.0167. The van der Waals surface area contributed by atoms with Crippen LogP contribution in [-0.2, 0) is 9.09 Å². The van der Waals surface area contributed by atoms with Crippen LogP contribution in [-0.4, -0.2) is 12.8 Å². The van der Waals surface area contributed by atoms with Crippen molar-refractivity contribution in [2.75, 3.05) is 12.8 Å². The van der Waals surface area contributed by atoms with Crippen LogP contribution < -0.4 is 0 Å².